The second-order valence-electron chi connectivity index (χ2n) is 6.64. The van der Waals surface area contributed by atoms with Crippen LogP contribution in [-0.2, 0) is 3.07 Å². The van der Waals surface area contributed by atoms with Gasteiger partial charge in [-0.2, -0.15) is 0 Å². The molecule has 2 rings (SSSR count). The Labute approximate surface area is 121 Å². The highest BCUT2D eigenvalue weighted by Gasteiger charge is 2.48. The normalized spacial score (nSPS) is 47.8. The van der Waals surface area contributed by atoms with Crippen molar-refractivity contribution in [1.29, 1.82) is 0 Å². The van der Waals surface area contributed by atoms with Gasteiger partial charge in [-0.25, -0.2) is 0 Å². The largest absolute Gasteiger partial charge is 0.314 e. The van der Waals surface area contributed by atoms with Gasteiger partial charge in [0, 0.05) is 11.6 Å². The van der Waals surface area contributed by atoms with Crippen LogP contribution in [0.15, 0.2) is 0 Å². The molecule has 1 saturated carbocycles. The van der Waals surface area contributed by atoms with Crippen LogP contribution < -0.4 is 0 Å². The molecule has 1 aliphatic heterocycles. The van der Waals surface area contributed by atoms with E-state index in [1.807, 2.05) is 23.0 Å². The van der Waals surface area contributed by atoms with Crippen LogP contribution in [0.5, 0.6) is 0 Å². The molecule has 0 aromatic rings. The average molecular weight is 347 g/mol. The van der Waals surface area contributed by atoms with E-state index in [9.17, 15) is 0 Å². The van der Waals surface area contributed by atoms with Crippen LogP contribution in [0.2, 0.25) is 5.31 Å². The molecule has 0 N–H and O–H groups in total. The van der Waals surface area contributed by atoms with Crippen LogP contribution in [0.3, 0.4) is 0 Å². The summed E-state index contributed by atoms with van der Waals surface area (Å²) in [5, 5.41) is 0.0384. The fourth-order valence-electron chi connectivity index (χ4n) is 3.89. The molecule has 2 radical (unpaired) electrons. The first-order chi connectivity index (χ1) is 7.88. The first-order valence-corrected chi connectivity index (χ1v) is 7.51. The third kappa shape index (κ3) is 2.84. The average Bonchev–Trinajstić information content (AvgIpc) is 2.36. The molecule has 96 valence electrons. The molecule has 0 amide bonds. The van der Waals surface area contributed by atoms with Gasteiger partial charge in [-0.3, -0.25) is 4.90 Å². The number of likely N-dealkylation sites (tertiary alicyclic amines) is 1. The first-order valence-electron chi connectivity index (χ1n) is 6.63. The van der Waals surface area contributed by atoms with Gasteiger partial charge in [-0.05, 0) is 32.7 Å². The predicted octanol–water partition coefficient (Wildman–Crippen LogP) is 3.35. The number of hydrogen-bond acceptors (Lipinski definition) is 2. The van der Waals surface area contributed by atoms with Crippen molar-refractivity contribution >= 4 is 30.9 Å². The molecule has 1 saturated heterocycles. The van der Waals surface area contributed by atoms with Gasteiger partial charge >= 0.3 is 0 Å². The van der Waals surface area contributed by atoms with E-state index in [2.05, 4.69) is 25.8 Å². The van der Waals surface area contributed by atoms with Crippen molar-refractivity contribution in [3.63, 3.8) is 0 Å². The van der Waals surface area contributed by atoms with Gasteiger partial charge in [0.2, 0.25) is 0 Å². The maximum absolute atomic E-state index is 6.39. The van der Waals surface area contributed by atoms with Gasteiger partial charge in [0.15, 0.2) is 0 Å². The summed E-state index contributed by atoms with van der Waals surface area (Å²) in [6.07, 6.45) is 6.13. The van der Waals surface area contributed by atoms with E-state index in [-0.39, 0.29) is 10.9 Å². The Morgan fingerprint density at radius 2 is 2.12 bits per heavy atom. The molecule has 1 heterocycles. The van der Waals surface area contributed by atoms with Crippen LogP contribution in [0.4, 0.5) is 0 Å². The Morgan fingerprint density at radius 1 is 1.41 bits per heavy atom. The van der Waals surface area contributed by atoms with Crippen molar-refractivity contribution in [1.82, 2.24) is 4.90 Å². The van der Waals surface area contributed by atoms with Crippen molar-refractivity contribution in [2.45, 2.75) is 62.8 Å². The second kappa shape index (κ2) is 5.01. The molecule has 4 atom stereocenters. The topological polar surface area (TPSA) is 12.5 Å². The quantitative estimate of drug-likeness (QED) is 0.561. The minimum Gasteiger partial charge on any atom is -0.314 e. The van der Waals surface area contributed by atoms with E-state index in [4.69, 9.17) is 10.9 Å². The third-order valence-corrected chi connectivity index (χ3v) is 5.25. The number of hydrogen-bond donors (Lipinski definition) is 0. The van der Waals surface area contributed by atoms with E-state index >= 15 is 0 Å². The smallest absolute Gasteiger partial charge is 0.109 e. The lowest BCUT2D eigenvalue weighted by molar-refractivity contribution is 0.104. The maximum atomic E-state index is 6.39. The summed E-state index contributed by atoms with van der Waals surface area (Å²) < 4.78 is 5.39. The summed E-state index contributed by atoms with van der Waals surface area (Å²) in [5.74, 6) is 0.744. The Morgan fingerprint density at radius 3 is 2.76 bits per heavy atom. The molecule has 2 nitrogen and oxygen atoms in total. The number of rotatable bonds is 2. The first kappa shape index (κ1) is 14.1. The second-order valence-corrected chi connectivity index (χ2v) is 7.27. The highest BCUT2D eigenvalue weighted by molar-refractivity contribution is 14.1. The van der Waals surface area contributed by atoms with Gasteiger partial charge < -0.3 is 3.07 Å². The molecule has 1 aliphatic carbocycles. The van der Waals surface area contributed by atoms with Gasteiger partial charge in [-0.1, -0.05) is 31.5 Å². The van der Waals surface area contributed by atoms with E-state index < -0.39 is 0 Å². The minimum atomic E-state index is 0.0384. The van der Waals surface area contributed by atoms with E-state index in [1.54, 1.807) is 0 Å². The van der Waals surface area contributed by atoms with Crippen molar-refractivity contribution in [2.24, 2.45) is 5.92 Å². The van der Waals surface area contributed by atoms with Gasteiger partial charge in [0.1, 0.15) is 23.0 Å². The van der Waals surface area contributed by atoms with Crippen LogP contribution in [-0.4, -0.2) is 38.0 Å². The van der Waals surface area contributed by atoms with Crippen LogP contribution in [0.25, 0.3) is 0 Å². The fourth-order valence-corrected chi connectivity index (χ4v) is 4.56. The minimum absolute atomic E-state index is 0.0384. The Bertz CT molecular complexity index is 287. The molecule has 4 unspecified atom stereocenters. The zero-order valence-electron chi connectivity index (χ0n) is 11.2. The molecular formula is C13H23BINO. The Balaban J connectivity index is 2.14. The highest BCUT2D eigenvalue weighted by Crippen LogP contribution is 2.49. The van der Waals surface area contributed by atoms with Crippen LogP contribution >= 0.6 is 23.0 Å². The number of nitrogens with zero attached hydrogens (tertiary/aromatic N) is 1. The molecule has 0 aromatic heterocycles. The lowest BCUT2D eigenvalue weighted by Gasteiger charge is -2.34. The van der Waals surface area contributed by atoms with E-state index in [0.717, 1.165) is 12.5 Å². The number of halogens is 1. The van der Waals surface area contributed by atoms with Gasteiger partial charge in [-0.15, -0.1) is 0 Å². The molecule has 0 aromatic carbocycles. The van der Waals surface area contributed by atoms with Crippen LogP contribution in [0, 0.1) is 5.92 Å². The lowest BCUT2D eigenvalue weighted by atomic mass is 9.63. The molecule has 17 heavy (non-hydrogen) atoms. The van der Waals surface area contributed by atoms with Crippen molar-refractivity contribution in [3.05, 3.63) is 0 Å². The molecule has 2 fully saturated rings. The van der Waals surface area contributed by atoms with E-state index in [1.165, 1.54) is 32.1 Å². The Kier molecular flexibility index (Phi) is 4.16. The summed E-state index contributed by atoms with van der Waals surface area (Å²) in [4.78, 5) is 2.55. The molecule has 2 aliphatic rings. The van der Waals surface area contributed by atoms with Crippen molar-refractivity contribution in [2.75, 3.05) is 13.7 Å². The monoisotopic (exact) mass is 347 g/mol. The molecule has 0 bridgehead atoms. The number of likely N-dealkylation sites (N-methyl/N-ethyl adjacent to an activating group) is 1. The van der Waals surface area contributed by atoms with Crippen molar-refractivity contribution in [3.8, 4) is 0 Å². The maximum Gasteiger partial charge on any atom is 0.109 e. The zero-order valence-corrected chi connectivity index (χ0v) is 13.4. The van der Waals surface area contributed by atoms with Gasteiger partial charge in [0.25, 0.3) is 0 Å². The summed E-state index contributed by atoms with van der Waals surface area (Å²) in [6, 6.07) is 0.705. The molecule has 4 heteroatoms. The summed E-state index contributed by atoms with van der Waals surface area (Å²) in [6.45, 7) is 5.37. The SMILES string of the molecule is [B]C1(C)CCCC2C(C1)CC(C)(COI)N2C. The van der Waals surface area contributed by atoms with Crippen LogP contribution in [0.1, 0.15) is 46.0 Å². The summed E-state index contributed by atoms with van der Waals surface area (Å²) >= 11 is 2.01. The third-order valence-electron chi connectivity index (χ3n) is 4.94. The van der Waals surface area contributed by atoms with Gasteiger partial charge in [0.05, 0.1) is 14.5 Å². The Hall–Kier alpha value is 0.715. The van der Waals surface area contributed by atoms with Crippen molar-refractivity contribution < 1.29 is 3.07 Å². The summed E-state index contributed by atoms with van der Waals surface area (Å²) in [7, 11) is 8.65. The lowest BCUT2D eigenvalue weighted by Crippen LogP contribution is -2.45. The van der Waals surface area contributed by atoms with E-state index in [0.29, 0.717) is 6.04 Å². The standard InChI is InChI=1S/C13H23BINO/c1-12(14)6-4-5-11-10(7-12)8-13(2,9-17-15)16(11)3/h10-11H,4-9H2,1-3H3. The fraction of sp³-hybridized carbons (Fsp3) is 1.00. The highest BCUT2D eigenvalue weighted by atomic mass is 127. The zero-order chi connectivity index (χ0) is 12.7. The molecular weight excluding hydrogens is 324 g/mol. The summed E-state index contributed by atoms with van der Waals surface area (Å²) in [5.41, 5.74) is 0.198. The number of fused-ring (bicyclic) bond motifs is 1. The molecule has 0 spiro atoms. The predicted molar refractivity (Wildman–Crippen MR) is 80.6 cm³/mol.